The number of piperazine rings is 1. The first-order chi connectivity index (χ1) is 13.2. The highest BCUT2D eigenvalue weighted by Gasteiger charge is 2.33. The first-order valence-corrected chi connectivity index (χ1v) is 11.1. The minimum Gasteiger partial charge on any atom is -0.385 e. The Balaban J connectivity index is 1.57. The summed E-state index contributed by atoms with van der Waals surface area (Å²) in [6.45, 7) is 12.5. The third-order valence-electron chi connectivity index (χ3n) is 6.46. The van der Waals surface area contributed by atoms with Crippen molar-refractivity contribution in [2.24, 2.45) is 10.4 Å². The zero-order valence-corrected chi connectivity index (χ0v) is 18.1. The van der Waals surface area contributed by atoms with Gasteiger partial charge in [0.2, 0.25) is 0 Å². The van der Waals surface area contributed by atoms with Crippen LogP contribution in [0.4, 0.5) is 0 Å². The Morgan fingerprint density at radius 3 is 2.37 bits per heavy atom. The zero-order valence-electron chi connectivity index (χ0n) is 18.1. The normalized spacial score (nSPS) is 21.5. The van der Waals surface area contributed by atoms with E-state index >= 15 is 0 Å². The molecule has 1 saturated heterocycles. The van der Waals surface area contributed by atoms with Gasteiger partial charge in [-0.2, -0.15) is 0 Å². The molecule has 2 fully saturated rings. The molecule has 2 N–H and O–H groups in total. The second-order valence-corrected chi connectivity index (χ2v) is 8.29. The van der Waals surface area contributed by atoms with Gasteiger partial charge in [0.1, 0.15) is 0 Å². The topological polar surface area (TPSA) is 52.1 Å². The molecule has 1 heterocycles. The maximum atomic E-state index is 5.34. The van der Waals surface area contributed by atoms with Crippen LogP contribution in [0.25, 0.3) is 0 Å². The molecule has 0 aromatic heterocycles. The summed E-state index contributed by atoms with van der Waals surface area (Å²) in [5.41, 5.74) is 0.397. The molecular formula is C21H43N5O. The maximum Gasteiger partial charge on any atom is 0.190 e. The number of hydrogen-bond acceptors (Lipinski definition) is 4. The minimum atomic E-state index is 0.397. The van der Waals surface area contributed by atoms with Gasteiger partial charge in [-0.05, 0) is 50.6 Å². The highest BCUT2D eigenvalue weighted by atomic mass is 16.5. The Hall–Kier alpha value is -0.850. The summed E-state index contributed by atoms with van der Waals surface area (Å²) in [7, 11) is 3.68. The molecule has 0 amide bonds. The fraction of sp³-hybridized carbons (Fsp3) is 0.952. The lowest BCUT2D eigenvalue weighted by Crippen LogP contribution is -2.46. The predicted molar refractivity (Wildman–Crippen MR) is 115 cm³/mol. The van der Waals surface area contributed by atoms with Crippen molar-refractivity contribution in [1.82, 2.24) is 20.4 Å². The van der Waals surface area contributed by atoms with Crippen LogP contribution in [0, 0.1) is 5.41 Å². The van der Waals surface area contributed by atoms with E-state index in [9.17, 15) is 0 Å². The number of nitrogens with zero attached hydrogens (tertiary/aromatic N) is 3. The smallest absolute Gasteiger partial charge is 0.190 e. The first-order valence-electron chi connectivity index (χ1n) is 11.1. The summed E-state index contributed by atoms with van der Waals surface area (Å²) in [5, 5.41) is 7.08. The number of methoxy groups -OCH3 is 1. The van der Waals surface area contributed by atoms with E-state index in [4.69, 9.17) is 4.74 Å². The lowest BCUT2D eigenvalue weighted by Gasteiger charge is -2.34. The molecule has 0 aromatic carbocycles. The van der Waals surface area contributed by atoms with Crippen molar-refractivity contribution in [3.8, 4) is 0 Å². The van der Waals surface area contributed by atoms with Gasteiger partial charge in [-0.3, -0.25) is 4.99 Å². The summed E-state index contributed by atoms with van der Waals surface area (Å²) in [6, 6.07) is 0. The zero-order chi connectivity index (χ0) is 19.4. The standard InChI is InChI=1S/C21H43N5O/c1-4-25-14-16-26(17-15-25)13-8-7-12-23-20(22-2)24-19-21(11-18-27-3)9-5-6-10-21/h4-19H2,1-3H3,(H2,22,23,24). The molecule has 1 saturated carbocycles. The summed E-state index contributed by atoms with van der Waals surface area (Å²) < 4.78 is 5.34. The van der Waals surface area contributed by atoms with E-state index in [1.165, 1.54) is 77.8 Å². The Morgan fingerprint density at radius 2 is 1.74 bits per heavy atom. The number of nitrogens with one attached hydrogen (secondary N) is 2. The molecule has 0 spiro atoms. The van der Waals surface area contributed by atoms with Crippen LogP contribution < -0.4 is 10.6 Å². The van der Waals surface area contributed by atoms with E-state index in [0.29, 0.717) is 5.41 Å². The Morgan fingerprint density at radius 1 is 1.04 bits per heavy atom. The van der Waals surface area contributed by atoms with Gasteiger partial charge in [0, 0.05) is 60.0 Å². The number of rotatable bonds is 11. The number of likely N-dealkylation sites (N-methyl/N-ethyl adjacent to an activating group) is 1. The molecule has 1 aliphatic heterocycles. The van der Waals surface area contributed by atoms with Crippen LogP contribution >= 0.6 is 0 Å². The fourth-order valence-corrected chi connectivity index (χ4v) is 4.45. The van der Waals surface area contributed by atoms with Crippen molar-refractivity contribution >= 4 is 5.96 Å². The lowest BCUT2D eigenvalue weighted by atomic mass is 9.83. The van der Waals surface area contributed by atoms with Crippen LogP contribution in [0.15, 0.2) is 4.99 Å². The van der Waals surface area contributed by atoms with Crippen molar-refractivity contribution in [3.63, 3.8) is 0 Å². The number of ether oxygens (including phenoxy) is 1. The predicted octanol–water partition coefficient (Wildman–Crippen LogP) is 2.17. The van der Waals surface area contributed by atoms with Gasteiger partial charge < -0.3 is 25.2 Å². The van der Waals surface area contributed by atoms with Crippen molar-refractivity contribution in [2.45, 2.75) is 51.9 Å². The van der Waals surface area contributed by atoms with E-state index < -0.39 is 0 Å². The molecule has 0 radical (unpaired) electrons. The van der Waals surface area contributed by atoms with Gasteiger partial charge in [0.15, 0.2) is 5.96 Å². The quantitative estimate of drug-likeness (QED) is 0.326. The molecule has 6 heteroatoms. The monoisotopic (exact) mass is 381 g/mol. The van der Waals surface area contributed by atoms with Crippen molar-refractivity contribution < 1.29 is 4.74 Å². The van der Waals surface area contributed by atoms with Crippen LogP contribution in [0.3, 0.4) is 0 Å². The van der Waals surface area contributed by atoms with Crippen molar-refractivity contribution in [1.29, 1.82) is 0 Å². The highest BCUT2D eigenvalue weighted by molar-refractivity contribution is 5.79. The van der Waals surface area contributed by atoms with Gasteiger partial charge in [-0.15, -0.1) is 0 Å². The fourth-order valence-electron chi connectivity index (χ4n) is 4.45. The maximum absolute atomic E-state index is 5.34. The second kappa shape index (κ2) is 12.6. The third-order valence-corrected chi connectivity index (χ3v) is 6.46. The number of hydrogen-bond donors (Lipinski definition) is 2. The van der Waals surface area contributed by atoms with Crippen LogP contribution in [-0.2, 0) is 4.74 Å². The van der Waals surface area contributed by atoms with Crippen LogP contribution in [0.5, 0.6) is 0 Å². The molecule has 2 aliphatic rings. The largest absolute Gasteiger partial charge is 0.385 e. The molecular weight excluding hydrogens is 338 g/mol. The van der Waals surface area contributed by atoms with Crippen molar-refractivity contribution in [2.75, 3.05) is 73.1 Å². The molecule has 0 aromatic rings. The molecule has 6 nitrogen and oxygen atoms in total. The first kappa shape index (κ1) is 22.4. The Kier molecular flexibility index (Phi) is 10.5. The Bertz CT molecular complexity index is 415. The van der Waals surface area contributed by atoms with E-state index in [1.54, 1.807) is 7.11 Å². The number of unbranched alkanes of at least 4 members (excludes halogenated alkanes) is 1. The summed E-state index contributed by atoms with van der Waals surface area (Å²) >= 11 is 0. The average Bonchev–Trinajstić information content (AvgIpc) is 3.18. The third kappa shape index (κ3) is 7.96. The van der Waals surface area contributed by atoms with E-state index in [0.717, 1.165) is 32.1 Å². The van der Waals surface area contributed by atoms with Crippen molar-refractivity contribution in [3.05, 3.63) is 0 Å². The van der Waals surface area contributed by atoms with Crippen LogP contribution in [0.2, 0.25) is 0 Å². The molecule has 27 heavy (non-hydrogen) atoms. The molecule has 158 valence electrons. The van der Waals surface area contributed by atoms with Gasteiger partial charge in [0.05, 0.1) is 0 Å². The van der Waals surface area contributed by atoms with Gasteiger partial charge >= 0.3 is 0 Å². The SMILES string of the molecule is CCN1CCN(CCCCNC(=NC)NCC2(CCOC)CCCC2)CC1. The number of aliphatic imine (C=N–C) groups is 1. The number of guanidine groups is 1. The highest BCUT2D eigenvalue weighted by Crippen LogP contribution is 2.40. The second-order valence-electron chi connectivity index (χ2n) is 8.29. The Labute approximate surface area is 167 Å². The van der Waals surface area contributed by atoms with Gasteiger partial charge in [-0.1, -0.05) is 19.8 Å². The lowest BCUT2D eigenvalue weighted by molar-refractivity contribution is 0.136. The van der Waals surface area contributed by atoms with E-state index in [1.807, 2.05) is 7.05 Å². The van der Waals surface area contributed by atoms with Crippen LogP contribution in [0.1, 0.15) is 51.9 Å². The van der Waals surface area contributed by atoms with E-state index in [-0.39, 0.29) is 0 Å². The molecule has 1 aliphatic carbocycles. The molecule has 2 rings (SSSR count). The summed E-state index contributed by atoms with van der Waals surface area (Å²) in [6.07, 6.45) is 8.93. The van der Waals surface area contributed by atoms with Gasteiger partial charge in [0.25, 0.3) is 0 Å². The summed E-state index contributed by atoms with van der Waals surface area (Å²) in [4.78, 5) is 9.56. The molecule has 0 unspecified atom stereocenters. The van der Waals surface area contributed by atoms with Crippen LogP contribution in [-0.4, -0.2) is 88.9 Å². The van der Waals surface area contributed by atoms with Gasteiger partial charge in [-0.25, -0.2) is 0 Å². The molecule has 0 bridgehead atoms. The van der Waals surface area contributed by atoms with E-state index in [2.05, 4.69) is 32.3 Å². The summed E-state index contributed by atoms with van der Waals surface area (Å²) in [5.74, 6) is 0.954. The molecule has 0 atom stereocenters. The minimum absolute atomic E-state index is 0.397. The average molecular weight is 382 g/mol.